The van der Waals surface area contributed by atoms with Gasteiger partial charge in [0.1, 0.15) is 11.4 Å². The quantitative estimate of drug-likeness (QED) is 0.706. The van der Waals surface area contributed by atoms with Gasteiger partial charge in [-0.05, 0) is 41.1 Å². The van der Waals surface area contributed by atoms with E-state index in [2.05, 4.69) is 31.9 Å². The van der Waals surface area contributed by atoms with Crippen LogP contribution in [0.3, 0.4) is 0 Å². The van der Waals surface area contributed by atoms with Crippen LogP contribution in [0.1, 0.15) is 11.3 Å². The molecule has 102 valence electrons. The number of anilines is 1. The molecule has 0 bridgehead atoms. The molecule has 0 unspecified atom stereocenters. The molecule has 0 saturated carbocycles. The minimum absolute atomic E-state index is 0.769. The van der Waals surface area contributed by atoms with Crippen molar-refractivity contribution in [3.8, 4) is 0 Å². The minimum Gasteiger partial charge on any atom is -0.464 e. The van der Waals surface area contributed by atoms with Crippen LogP contribution in [0.25, 0.3) is 11.0 Å². The van der Waals surface area contributed by atoms with Crippen molar-refractivity contribution >= 4 is 32.7 Å². The van der Waals surface area contributed by atoms with Crippen LogP contribution in [0.4, 0.5) is 5.82 Å². The zero-order valence-electron chi connectivity index (χ0n) is 11.4. The molecule has 0 aliphatic heterocycles. The molecule has 2 heterocycles. The van der Waals surface area contributed by atoms with Crippen LogP contribution in [-0.4, -0.2) is 12.0 Å². The summed E-state index contributed by atoms with van der Waals surface area (Å²) in [7, 11) is 2.04. The Hall–Kier alpha value is -1.81. The number of aromatic nitrogens is 1. The van der Waals surface area contributed by atoms with E-state index in [1.54, 1.807) is 0 Å². The highest BCUT2D eigenvalue weighted by Crippen LogP contribution is 2.24. The number of pyridine rings is 1. The molecular weight excluding hydrogens is 316 g/mol. The first-order valence-corrected chi connectivity index (χ1v) is 7.24. The van der Waals surface area contributed by atoms with E-state index in [4.69, 9.17) is 4.42 Å². The molecule has 0 amide bonds. The zero-order valence-corrected chi connectivity index (χ0v) is 13.0. The molecule has 4 heteroatoms. The Kier molecular flexibility index (Phi) is 3.49. The van der Waals surface area contributed by atoms with Crippen molar-refractivity contribution in [3.05, 3.63) is 58.4 Å². The van der Waals surface area contributed by atoms with Crippen LogP contribution in [0, 0.1) is 6.92 Å². The standard InChI is InChI=1S/C16H15BrN2O/c1-11-14(17)7-8-16(18-11)19(2)9-12-10-20-15-6-4-3-5-13(12)15/h3-8,10H,9H2,1-2H3. The molecule has 0 aliphatic carbocycles. The SMILES string of the molecule is Cc1nc(N(C)Cc2coc3ccccc23)ccc1Br. The summed E-state index contributed by atoms with van der Waals surface area (Å²) in [6.07, 6.45) is 1.83. The van der Waals surface area contributed by atoms with Gasteiger partial charge in [0, 0.05) is 29.0 Å². The summed E-state index contributed by atoms with van der Waals surface area (Å²) in [5, 5.41) is 1.16. The topological polar surface area (TPSA) is 29.3 Å². The lowest BCUT2D eigenvalue weighted by Crippen LogP contribution is -2.17. The first-order chi connectivity index (χ1) is 9.65. The van der Waals surface area contributed by atoms with Crippen LogP contribution < -0.4 is 4.90 Å². The van der Waals surface area contributed by atoms with Gasteiger partial charge in [-0.15, -0.1) is 0 Å². The van der Waals surface area contributed by atoms with E-state index in [1.165, 1.54) is 5.56 Å². The number of halogens is 1. The fraction of sp³-hybridized carbons (Fsp3) is 0.188. The van der Waals surface area contributed by atoms with Crippen molar-refractivity contribution in [3.63, 3.8) is 0 Å². The van der Waals surface area contributed by atoms with Gasteiger partial charge in [0.25, 0.3) is 0 Å². The first-order valence-electron chi connectivity index (χ1n) is 6.44. The molecule has 20 heavy (non-hydrogen) atoms. The smallest absolute Gasteiger partial charge is 0.134 e. The van der Waals surface area contributed by atoms with Gasteiger partial charge >= 0.3 is 0 Å². The van der Waals surface area contributed by atoms with Gasteiger partial charge < -0.3 is 9.32 Å². The maximum absolute atomic E-state index is 5.57. The summed E-state index contributed by atoms with van der Waals surface area (Å²) in [5.74, 6) is 0.955. The molecule has 2 aromatic heterocycles. The van der Waals surface area contributed by atoms with Gasteiger partial charge in [-0.25, -0.2) is 4.98 Å². The summed E-state index contributed by atoms with van der Waals surface area (Å²) in [5.41, 5.74) is 3.09. The van der Waals surface area contributed by atoms with Crippen molar-refractivity contribution in [1.82, 2.24) is 4.98 Å². The van der Waals surface area contributed by atoms with E-state index in [9.17, 15) is 0 Å². The van der Waals surface area contributed by atoms with Gasteiger partial charge in [0.15, 0.2) is 0 Å². The normalized spacial score (nSPS) is 10.9. The number of rotatable bonds is 3. The number of aryl methyl sites for hydroxylation is 1. The Balaban J connectivity index is 1.88. The predicted octanol–water partition coefficient (Wildman–Crippen LogP) is 4.54. The molecule has 0 atom stereocenters. The van der Waals surface area contributed by atoms with Crippen molar-refractivity contribution in [2.75, 3.05) is 11.9 Å². The average molecular weight is 331 g/mol. The van der Waals surface area contributed by atoms with E-state index < -0.39 is 0 Å². The van der Waals surface area contributed by atoms with E-state index >= 15 is 0 Å². The predicted molar refractivity (Wildman–Crippen MR) is 85.0 cm³/mol. The molecule has 0 spiro atoms. The lowest BCUT2D eigenvalue weighted by molar-refractivity contribution is 0.609. The van der Waals surface area contributed by atoms with Crippen LogP contribution in [-0.2, 0) is 6.54 Å². The highest BCUT2D eigenvalue weighted by molar-refractivity contribution is 9.10. The van der Waals surface area contributed by atoms with Crippen molar-refractivity contribution in [1.29, 1.82) is 0 Å². The molecule has 0 fully saturated rings. The Morgan fingerprint density at radius 2 is 2.00 bits per heavy atom. The number of hydrogen-bond donors (Lipinski definition) is 0. The molecule has 0 saturated heterocycles. The van der Waals surface area contributed by atoms with Crippen molar-refractivity contribution in [2.45, 2.75) is 13.5 Å². The number of fused-ring (bicyclic) bond motifs is 1. The third-order valence-electron chi connectivity index (χ3n) is 3.37. The van der Waals surface area contributed by atoms with E-state index in [-0.39, 0.29) is 0 Å². The molecule has 0 N–H and O–H groups in total. The van der Waals surface area contributed by atoms with Crippen molar-refractivity contribution in [2.24, 2.45) is 0 Å². The van der Waals surface area contributed by atoms with Crippen LogP contribution >= 0.6 is 15.9 Å². The highest BCUT2D eigenvalue weighted by atomic mass is 79.9. The Bertz CT molecular complexity index is 751. The van der Waals surface area contributed by atoms with E-state index in [0.717, 1.165) is 33.5 Å². The molecule has 3 nitrogen and oxygen atoms in total. The second kappa shape index (κ2) is 5.29. The number of nitrogens with zero attached hydrogens (tertiary/aromatic N) is 2. The summed E-state index contributed by atoms with van der Waals surface area (Å²) >= 11 is 3.48. The number of furan rings is 1. The van der Waals surface area contributed by atoms with Gasteiger partial charge in [-0.3, -0.25) is 0 Å². The fourth-order valence-electron chi connectivity index (χ4n) is 2.24. The Morgan fingerprint density at radius 3 is 2.80 bits per heavy atom. The van der Waals surface area contributed by atoms with Crippen LogP contribution in [0.2, 0.25) is 0 Å². The van der Waals surface area contributed by atoms with Crippen molar-refractivity contribution < 1.29 is 4.42 Å². The lowest BCUT2D eigenvalue weighted by atomic mass is 10.1. The van der Waals surface area contributed by atoms with Gasteiger partial charge in [-0.2, -0.15) is 0 Å². The monoisotopic (exact) mass is 330 g/mol. The summed E-state index contributed by atoms with van der Waals surface area (Å²) < 4.78 is 6.60. The van der Waals surface area contributed by atoms with E-state index in [1.807, 2.05) is 50.6 Å². The number of benzene rings is 1. The van der Waals surface area contributed by atoms with Gasteiger partial charge in [-0.1, -0.05) is 18.2 Å². The molecular formula is C16H15BrN2O. The third-order valence-corrected chi connectivity index (χ3v) is 4.20. The Labute approximate surface area is 126 Å². The summed E-state index contributed by atoms with van der Waals surface area (Å²) in [4.78, 5) is 6.70. The molecule has 3 rings (SSSR count). The minimum atomic E-state index is 0.769. The molecule has 3 aromatic rings. The molecule has 1 aromatic carbocycles. The van der Waals surface area contributed by atoms with Gasteiger partial charge in [0.05, 0.1) is 12.0 Å². The highest BCUT2D eigenvalue weighted by Gasteiger charge is 2.10. The maximum Gasteiger partial charge on any atom is 0.134 e. The number of hydrogen-bond acceptors (Lipinski definition) is 3. The second-order valence-corrected chi connectivity index (χ2v) is 5.70. The largest absolute Gasteiger partial charge is 0.464 e. The summed E-state index contributed by atoms with van der Waals surface area (Å²) in [6, 6.07) is 12.1. The van der Waals surface area contributed by atoms with Gasteiger partial charge in [0.2, 0.25) is 0 Å². The fourth-order valence-corrected chi connectivity index (χ4v) is 2.46. The van der Waals surface area contributed by atoms with Crippen LogP contribution in [0.15, 0.2) is 51.6 Å². The maximum atomic E-state index is 5.57. The average Bonchev–Trinajstić information content (AvgIpc) is 2.85. The third kappa shape index (κ3) is 2.43. The Morgan fingerprint density at radius 1 is 1.20 bits per heavy atom. The second-order valence-electron chi connectivity index (χ2n) is 4.85. The summed E-state index contributed by atoms with van der Waals surface area (Å²) in [6.45, 7) is 2.76. The van der Waals surface area contributed by atoms with Crippen LogP contribution in [0.5, 0.6) is 0 Å². The first kappa shape index (κ1) is 13.2. The molecule has 0 aliphatic rings. The van der Waals surface area contributed by atoms with E-state index in [0.29, 0.717) is 0 Å². The number of para-hydroxylation sites is 1. The zero-order chi connectivity index (χ0) is 14.1. The molecule has 0 radical (unpaired) electrons. The lowest BCUT2D eigenvalue weighted by Gasteiger charge is -2.18.